The molecule has 26 heavy (non-hydrogen) atoms. The maximum absolute atomic E-state index is 12.5. The van der Waals surface area contributed by atoms with Gasteiger partial charge in [0.2, 0.25) is 0 Å². The van der Waals surface area contributed by atoms with Gasteiger partial charge in [0.05, 0.1) is 18.0 Å². The zero-order chi connectivity index (χ0) is 17.8. The highest BCUT2D eigenvalue weighted by molar-refractivity contribution is 7.10. The van der Waals surface area contributed by atoms with Gasteiger partial charge in [-0.2, -0.15) is 0 Å². The van der Waals surface area contributed by atoms with Gasteiger partial charge in [-0.05, 0) is 29.1 Å². The number of carbonyl (C=O) groups excluding carboxylic acids is 1. The third-order valence-electron chi connectivity index (χ3n) is 5.13. The van der Waals surface area contributed by atoms with E-state index in [1.165, 1.54) is 20.9 Å². The van der Waals surface area contributed by atoms with Gasteiger partial charge in [-0.15, -0.1) is 11.3 Å². The van der Waals surface area contributed by atoms with Crippen LogP contribution in [0.1, 0.15) is 32.4 Å². The minimum Gasteiger partial charge on any atom is -0.346 e. The Kier molecular flexibility index (Phi) is 5.14. The Bertz CT molecular complexity index is 861. The lowest BCUT2D eigenvalue weighted by molar-refractivity contribution is -0.945. The fourth-order valence-corrected chi connectivity index (χ4v) is 4.61. The third kappa shape index (κ3) is 3.71. The molecule has 1 aromatic heterocycles. The van der Waals surface area contributed by atoms with Crippen LogP contribution in [0.5, 0.6) is 0 Å². The van der Waals surface area contributed by atoms with Gasteiger partial charge in [0, 0.05) is 17.5 Å². The summed E-state index contributed by atoms with van der Waals surface area (Å²) in [6.07, 6.45) is 1.10. The SMILES string of the molecule is O=C(NC[C@@H](c1cccs1)[NH+]1CCc2ccccc2C1)c1ccccc1. The Morgan fingerprint density at radius 3 is 2.54 bits per heavy atom. The van der Waals surface area contributed by atoms with Crippen LogP contribution in [0, 0.1) is 0 Å². The van der Waals surface area contributed by atoms with Crippen molar-refractivity contribution < 1.29 is 9.69 Å². The lowest BCUT2D eigenvalue weighted by atomic mass is 9.98. The summed E-state index contributed by atoms with van der Waals surface area (Å²) >= 11 is 1.78. The summed E-state index contributed by atoms with van der Waals surface area (Å²) in [5.74, 6) is 0.00367. The van der Waals surface area contributed by atoms with E-state index in [1.54, 1.807) is 11.3 Å². The summed E-state index contributed by atoms with van der Waals surface area (Å²) in [5, 5.41) is 5.28. The number of rotatable bonds is 5. The lowest BCUT2D eigenvalue weighted by Gasteiger charge is -2.32. The first-order chi connectivity index (χ1) is 12.8. The van der Waals surface area contributed by atoms with Crippen molar-refractivity contribution in [3.8, 4) is 0 Å². The van der Waals surface area contributed by atoms with E-state index in [9.17, 15) is 4.79 Å². The van der Waals surface area contributed by atoms with Crippen LogP contribution in [0.3, 0.4) is 0 Å². The van der Waals surface area contributed by atoms with Gasteiger partial charge >= 0.3 is 0 Å². The number of fused-ring (bicyclic) bond motifs is 1. The second-order valence-electron chi connectivity index (χ2n) is 6.75. The Balaban J connectivity index is 1.50. The van der Waals surface area contributed by atoms with E-state index in [4.69, 9.17) is 0 Å². The van der Waals surface area contributed by atoms with Crippen molar-refractivity contribution in [3.05, 3.63) is 93.7 Å². The second kappa shape index (κ2) is 7.85. The molecule has 2 heterocycles. The molecule has 3 aromatic rings. The smallest absolute Gasteiger partial charge is 0.251 e. The molecule has 2 N–H and O–H groups in total. The molecule has 1 amide bonds. The summed E-state index contributed by atoms with van der Waals surface area (Å²) in [6.45, 7) is 2.77. The number of amides is 1. The average Bonchev–Trinajstić information content (AvgIpc) is 3.23. The van der Waals surface area contributed by atoms with E-state index in [0.29, 0.717) is 6.54 Å². The van der Waals surface area contributed by atoms with E-state index in [-0.39, 0.29) is 11.9 Å². The first-order valence-electron chi connectivity index (χ1n) is 9.09. The molecule has 0 saturated heterocycles. The van der Waals surface area contributed by atoms with Crippen molar-refractivity contribution in [2.45, 2.75) is 19.0 Å². The Labute approximate surface area is 158 Å². The van der Waals surface area contributed by atoms with Crippen LogP contribution in [0.15, 0.2) is 72.1 Å². The number of benzene rings is 2. The molecule has 3 nitrogen and oxygen atoms in total. The molecular formula is C22H23N2OS+. The van der Waals surface area contributed by atoms with Crippen LogP contribution in [0.25, 0.3) is 0 Å². The largest absolute Gasteiger partial charge is 0.346 e. The summed E-state index contributed by atoms with van der Waals surface area (Å²) in [6, 6.07) is 22.8. The standard InChI is InChI=1S/C22H22N2OS/c25-22(18-8-2-1-3-9-18)23-15-20(21-11-6-14-26-21)24-13-12-17-7-4-5-10-19(17)16-24/h1-11,14,20H,12-13,15-16H2,(H,23,25)/p+1/t20-/m0/s1. The van der Waals surface area contributed by atoms with Gasteiger partial charge in [-0.25, -0.2) is 0 Å². The molecule has 0 aliphatic carbocycles. The van der Waals surface area contributed by atoms with Crippen molar-refractivity contribution in [2.24, 2.45) is 0 Å². The number of thiophene rings is 1. The molecule has 2 atom stereocenters. The molecule has 4 heteroatoms. The molecule has 1 aliphatic rings. The van der Waals surface area contributed by atoms with Gasteiger partial charge in [0.25, 0.3) is 5.91 Å². The summed E-state index contributed by atoms with van der Waals surface area (Å²) < 4.78 is 0. The zero-order valence-corrected chi connectivity index (χ0v) is 15.5. The highest BCUT2D eigenvalue weighted by Gasteiger charge is 2.29. The van der Waals surface area contributed by atoms with Crippen molar-refractivity contribution in [1.29, 1.82) is 0 Å². The van der Waals surface area contributed by atoms with Crippen LogP contribution in [-0.2, 0) is 13.0 Å². The highest BCUT2D eigenvalue weighted by atomic mass is 32.1. The van der Waals surface area contributed by atoms with E-state index in [2.05, 4.69) is 47.1 Å². The maximum Gasteiger partial charge on any atom is 0.251 e. The summed E-state index contributed by atoms with van der Waals surface area (Å²) in [7, 11) is 0. The quantitative estimate of drug-likeness (QED) is 0.718. The Morgan fingerprint density at radius 2 is 1.77 bits per heavy atom. The third-order valence-corrected chi connectivity index (χ3v) is 6.12. The fourth-order valence-electron chi connectivity index (χ4n) is 3.72. The summed E-state index contributed by atoms with van der Waals surface area (Å²) in [4.78, 5) is 15.4. The van der Waals surface area contributed by atoms with E-state index in [0.717, 1.165) is 25.1 Å². The fraction of sp³-hybridized carbons (Fsp3) is 0.227. The minimum atomic E-state index is 0.00367. The minimum absolute atomic E-state index is 0.00367. The highest BCUT2D eigenvalue weighted by Crippen LogP contribution is 2.19. The Morgan fingerprint density at radius 1 is 1.00 bits per heavy atom. The molecule has 0 radical (unpaired) electrons. The van der Waals surface area contributed by atoms with Crippen LogP contribution < -0.4 is 10.2 Å². The normalized spacial score (nSPS) is 17.3. The zero-order valence-electron chi connectivity index (χ0n) is 14.7. The van der Waals surface area contributed by atoms with Crippen molar-refractivity contribution in [3.63, 3.8) is 0 Å². The lowest BCUT2D eigenvalue weighted by Crippen LogP contribution is -3.12. The predicted molar refractivity (Wildman–Crippen MR) is 106 cm³/mol. The number of hydrogen-bond donors (Lipinski definition) is 2. The topological polar surface area (TPSA) is 33.5 Å². The van der Waals surface area contributed by atoms with E-state index < -0.39 is 0 Å². The van der Waals surface area contributed by atoms with Gasteiger partial charge in [0.15, 0.2) is 0 Å². The summed E-state index contributed by atoms with van der Waals surface area (Å²) in [5.41, 5.74) is 3.62. The van der Waals surface area contributed by atoms with Gasteiger partial charge in [0.1, 0.15) is 12.6 Å². The van der Waals surface area contributed by atoms with Crippen LogP contribution in [-0.4, -0.2) is 19.0 Å². The van der Waals surface area contributed by atoms with Gasteiger partial charge in [-0.3, -0.25) is 4.79 Å². The van der Waals surface area contributed by atoms with Crippen molar-refractivity contribution >= 4 is 17.2 Å². The number of nitrogens with one attached hydrogen (secondary N) is 2. The van der Waals surface area contributed by atoms with Gasteiger partial charge < -0.3 is 10.2 Å². The molecule has 0 saturated carbocycles. The van der Waals surface area contributed by atoms with Crippen LogP contribution >= 0.6 is 11.3 Å². The molecule has 4 rings (SSSR count). The molecule has 0 fully saturated rings. The molecule has 1 aliphatic heterocycles. The monoisotopic (exact) mass is 363 g/mol. The van der Waals surface area contributed by atoms with Gasteiger partial charge in [-0.1, -0.05) is 48.5 Å². The molecule has 132 valence electrons. The number of hydrogen-bond acceptors (Lipinski definition) is 2. The number of carbonyl (C=O) groups is 1. The first-order valence-corrected chi connectivity index (χ1v) is 9.97. The predicted octanol–water partition coefficient (Wildman–Crippen LogP) is 2.86. The average molecular weight is 364 g/mol. The van der Waals surface area contributed by atoms with Crippen LogP contribution in [0.4, 0.5) is 0 Å². The molecular weight excluding hydrogens is 340 g/mol. The van der Waals surface area contributed by atoms with E-state index in [1.807, 2.05) is 30.3 Å². The number of quaternary nitrogens is 1. The molecule has 2 aromatic carbocycles. The van der Waals surface area contributed by atoms with Crippen LogP contribution in [0.2, 0.25) is 0 Å². The molecule has 1 unspecified atom stereocenters. The first kappa shape index (κ1) is 17.0. The Hall–Kier alpha value is -2.43. The molecule has 0 spiro atoms. The maximum atomic E-state index is 12.5. The second-order valence-corrected chi connectivity index (χ2v) is 7.73. The van der Waals surface area contributed by atoms with E-state index >= 15 is 0 Å². The van der Waals surface area contributed by atoms with Crippen molar-refractivity contribution in [1.82, 2.24) is 5.32 Å². The molecule has 0 bridgehead atoms. The van der Waals surface area contributed by atoms with Crippen molar-refractivity contribution in [2.75, 3.05) is 13.1 Å².